The molecule has 2 heterocycles. The molecule has 1 aliphatic heterocycles. The van der Waals surface area contributed by atoms with Gasteiger partial charge in [-0.2, -0.15) is 4.98 Å². The quantitative estimate of drug-likeness (QED) is 0.776. The fraction of sp³-hybridized carbons (Fsp3) is 0.636. The van der Waals surface area contributed by atoms with Gasteiger partial charge in [-0.1, -0.05) is 0 Å². The molecule has 1 aliphatic rings. The number of hydrogen-bond donors (Lipinski definition) is 1. The molecule has 94 valence electrons. The normalized spacial score (nSPS) is 21.4. The van der Waals surface area contributed by atoms with E-state index in [4.69, 9.17) is 14.6 Å². The van der Waals surface area contributed by atoms with Crippen LogP contribution >= 0.6 is 0 Å². The molecule has 1 N–H and O–H groups in total. The molecule has 1 atom stereocenters. The number of likely N-dealkylation sites (N-methyl/N-ethyl adjacent to an activating group) is 1. The number of hydrogen-bond acceptors (Lipinski definition) is 6. The molecule has 6 nitrogen and oxygen atoms in total. The molecule has 0 aliphatic carbocycles. The molecule has 0 radical (unpaired) electrons. The van der Waals surface area contributed by atoms with Crippen molar-refractivity contribution in [2.45, 2.75) is 12.7 Å². The Bertz CT molecular complexity index is 362. The van der Waals surface area contributed by atoms with Crippen LogP contribution in [0.4, 0.5) is 0 Å². The second kappa shape index (κ2) is 5.90. The summed E-state index contributed by atoms with van der Waals surface area (Å²) in [5.74, 6) is 0. The molecule has 1 unspecified atom stereocenters. The molecular weight excluding hydrogens is 222 g/mol. The van der Waals surface area contributed by atoms with Gasteiger partial charge in [0.1, 0.15) is 12.7 Å². The van der Waals surface area contributed by atoms with E-state index in [1.807, 2.05) is 0 Å². The van der Waals surface area contributed by atoms with E-state index in [1.165, 1.54) is 0 Å². The van der Waals surface area contributed by atoms with Gasteiger partial charge in [-0.3, -0.25) is 0 Å². The molecule has 1 saturated heterocycles. The van der Waals surface area contributed by atoms with Crippen molar-refractivity contribution in [1.29, 1.82) is 0 Å². The summed E-state index contributed by atoms with van der Waals surface area (Å²) in [6.07, 6.45) is 1.62. The standard InChI is InChI=1S/C11H17N3O3/c1-14-4-5-16-10(6-14)8-17-11-12-3-2-9(7-15)13-11/h2-3,10,15H,4-8H2,1H3. The SMILES string of the molecule is CN1CCOC(COc2nccc(CO)n2)C1. The molecule has 1 aromatic rings. The molecular formula is C11H17N3O3. The minimum absolute atomic E-state index is 0.0510. The van der Waals surface area contributed by atoms with Gasteiger partial charge in [0.05, 0.1) is 18.9 Å². The number of ether oxygens (including phenoxy) is 2. The van der Waals surface area contributed by atoms with E-state index in [1.54, 1.807) is 12.3 Å². The maximum atomic E-state index is 8.94. The summed E-state index contributed by atoms with van der Waals surface area (Å²) in [5.41, 5.74) is 0.552. The molecule has 1 fully saturated rings. The fourth-order valence-corrected chi connectivity index (χ4v) is 1.67. The highest BCUT2D eigenvalue weighted by atomic mass is 16.5. The van der Waals surface area contributed by atoms with Crippen LogP contribution in [0, 0.1) is 0 Å². The van der Waals surface area contributed by atoms with Crippen molar-refractivity contribution in [3.8, 4) is 6.01 Å². The highest BCUT2D eigenvalue weighted by molar-refractivity contribution is 5.04. The second-order valence-electron chi connectivity index (χ2n) is 4.05. The Balaban J connectivity index is 1.84. The number of aliphatic hydroxyl groups is 1. The van der Waals surface area contributed by atoms with Crippen LogP contribution in [0.15, 0.2) is 12.3 Å². The van der Waals surface area contributed by atoms with E-state index in [9.17, 15) is 0 Å². The van der Waals surface area contributed by atoms with Crippen LogP contribution in [-0.4, -0.2) is 59.4 Å². The molecule has 0 aromatic carbocycles. The summed E-state index contributed by atoms with van der Waals surface area (Å²) >= 11 is 0. The monoisotopic (exact) mass is 239 g/mol. The smallest absolute Gasteiger partial charge is 0.316 e. The van der Waals surface area contributed by atoms with E-state index in [-0.39, 0.29) is 18.7 Å². The summed E-state index contributed by atoms with van der Waals surface area (Å²) in [5, 5.41) is 8.94. The van der Waals surface area contributed by atoms with Crippen LogP contribution < -0.4 is 4.74 Å². The van der Waals surface area contributed by atoms with Gasteiger partial charge < -0.3 is 19.5 Å². The summed E-state index contributed by atoms with van der Waals surface area (Å²) in [4.78, 5) is 10.2. The van der Waals surface area contributed by atoms with Crippen molar-refractivity contribution >= 4 is 0 Å². The topological polar surface area (TPSA) is 67.7 Å². The molecule has 0 amide bonds. The molecule has 17 heavy (non-hydrogen) atoms. The van der Waals surface area contributed by atoms with Crippen LogP contribution in [0.3, 0.4) is 0 Å². The summed E-state index contributed by atoms with van der Waals surface area (Å²) in [6.45, 7) is 2.84. The Labute approximate surface area is 100 Å². The number of rotatable bonds is 4. The number of aromatic nitrogens is 2. The Hall–Kier alpha value is -1.24. The van der Waals surface area contributed by atoms with Crippen LogP contribution in [0.5, 0.6) is 6.01 Å². The lowest BCUT2D eigenvalue weighted by Crippen LogP contribution is -2.42. The van der Waals surface area contributed by atoms with Crippen LogP contribution in [0.2, 0.25) is 0 Å². The maximum Gasteiger partial charge on any atom is 0.316 e. The summed E-state index contributed by atoms with van der Waals surface area (Å²) < 4.78 is 11.0. The number of morpholine rings is 1. The third kappa shape index (κ3) is 3.62. The Morgan fingerprint density at radius 3 is 3.29 bits per heavy atom. The number of nitrogens with zero attached hydrogens (tertiary/aromatic N) is 3. The first-order chi connectivity index (χ1) is 8.28. The predicted octanol–water partition coefficient (Wildman–Crippen LogP) is -0.322. The lowest BCUT2D eigenvalue weighted by molar-refractivity contribution is -0.0417. The Morgan fingerprint density at radius 2 is 2.53 bits per heavy atom. The second-order valence-corrected chi connectivity index (χ2v) is 4.05. The first-order valence-electron chi connectivity index (χ1n) is 5.63. The van der Waals surface area contributed by atoms with E-state index in [2.05, 4.69) is 21.9 Å². The van der Waals surface area contributed by atoms with Gasteiger partial charge in [-0.25, -0.2) is 4.98 Å². The minimum Gasteiger partial charge on any atom is -0.461 e. The average Bonchev–Trinajstić information content (AvgIpc) is 2.37. The summed E-state index contributed by atoms with van der Waals surface area (Å²) in [6, 6.07) is 1.94. The fourth-order valence-electron chi connectivity index (χ4n) is 1.67. The highest BCUT2D eigenvalue weighted by Gasteiger charge is 2.18. The van der Waals surface area contributed by atoms with Crippen LogP contribution in [-0.2, 0) is 11.3 Å². The van der Waals surface area contributed by atoms with Crippen molar-refractivity contribution in [2.75, 3.05) is 33.4 Å². The van der Waals surface area contributed by atoms with Gasteiger partial charge in [0, 0.05) is 19.3 Å². The van der Waals surface area contributed by atoms with E-state index in [0.29, 0.717) is 12.3 Å². The number of aliphatic hydroxyl groups excluding tert-OH is 1. The average molecular weight is 239 g/mol. The van der Waals surface area contributed by atoms with Crippen molar-refractivity contribution < 1.29 is 14.6 Å². The summed E-state index contributed by atoms with van der Waals surface area (Å²) in [7, 11) is 2.05. The van der Waals surface area contributed by atoms with Crippen molar-refractivity contribution in [2.24, 2.45) is 0 Å². The zero-order chi connectivity index (χ0) is 12.1. The first-order valence-corrected chi connectivity index (χ1v) is 5.63. The van der Waals surface area contributed by atoms with Gasteiger partial charge >= 0.3 is 6.01 Å². The highest BCUT2D eigenvalue weighted by Crippen LogP contribution is 2.07. The molecule has 0 saturated carbocycles. The third-order valence-corrected chi connectivity index (χ3v) is 2.59. The molecule has 2 rings (SSSR count). The van der Waals surface area contributed by atoms with Gasteiger partial charge in [-0.05, 0) is 13.1 Å². The van der Waals surface area contributed by atoms with E-state index < -0.39 is 0 Å². The Kier molecular flexibility index (Phi) is 4.24. The van der Waals surface area contributed by atoms with E-state index in [0.717, 1.165) is 19.7 Å². The van der Waals surface area contributed by atoms with Crippen molar-refractivity contribution in [1.82, 2.24) is 14.9 Å². The minimum atomic E-state index is -0.110. The van der Waals surface area contributed by atoms with Crippen molar-refractivity contribution in [3.05, 3.63) is 18.0 Å². The van der Waals surface area contributed by atoms with E-state index >= 15 is 0 Å². The van der Waals surface area contributed by atoms with Crippen LogP contribution in [0.25, 0.3) is 0 Å². The largest absolute Gasteiger partial charge is 0.461 e. The molecule has 0 bridgehead atoms. The predicted molar refractivity (Wildman–Crippen MR) is 60.7 cm³/mol. The maximum absolute atomic E-state index is 8.94. The lowest BCUT2D eigenvalue weighted by Gasteiger charge is -2.29. The zero-order valence-electron chi connectivity index (χ0n) is 9.87. The van der Waals surface area contributed by atoms with Gasteiger partial charge in [-0.15, -0.1) is 0 Å². The molecule has 0 spiro atoms. The van der Waals surface area contributed by atoms with Gasteiger partial charge in [0.15, 0.2) is 0 Å². The van der Waals surface area contributed by atoms with Gasteiger partial charge in [0.25, 0.3) is 0 Å². The van der Waals surface area contributed by atoms with Crippen molar-refractivity contribution in [3.63, 3.8) is 0 Å². The van der Waals surface area contributed by atoms with Crippen LogP contribution in [0.1, 0.15) is 5.69 Å². The van der Waals surface area contributed by atoms with Gasteiger partial charge in [0.2, 0.25) is 0 Å². The zero-order valence-corrected chi connectivity index (χ0v) is 9.87. The first kappa shape index (κ1) is 12.2. The Morgan fingerprint density at radius 1 is 1.65 bits per heavy atom. The molecule has 6 heteroatoms. The molecule has 1 aromatic heterocycles. The lowest BCUT2D eigenvalue weighted by atomic mass is 10.3. The third-order valence-electron chi connectivity index (χ3n) is 2.59.